The van der Waals surface area contributed by atoms with Gasteiger partial charge in [-0.15, -0.1) is 0 Å². The van der Waals surface area contributed by atoms with Crippen molar-refractivity contribution >= 4 is 11.9 Å². The molecule has 1 atom stereocenters. The van der Waals surface area contributed by atoms with Crippen molar-refractivity contribution in [3.8, 4) is 11.5 Å². The molecule has 28 heavy (non-hydrogen) atoms. The van der Waals surface area contributed by atoms with Gasteiger partial charge < -0.3 is 24.4 Å². The van der Waals surface area contributed by atoms with Crippen LogP contribution >= 0.6 is 0 Å². The number of quaternary nitrogens is 1. The summed E-state index contributed by atoms with van der Waals surface area (Å²) in [4.78, 5) is 24.7. The fraction of sp³-hybridized carbons (Fsp3) is 0.333. The first-order chi connectivity index (χ1) is 13.5. The lowest BCUT2D eigenvalue weighted by molar-refractivity contribution is -0.885. The van der Waals surface area contributed by atoms with Gasteiger partial charge in [-0.2, -0.15) is 0 Å². The molecular weight excluding hydrogens is 360 g/mol. The summed E-state index contributed by atoms with van der Waals surface area (Å²) >= 11 is 0. The molecule has 0 saturated carbocycles. The van der Waals surface area contributed by atoms with Gasteiger partial charge in [-0.05, 0) is 35.9 Å². The molecule has 2 aromatic rings. The molecule has 0 spiro atoms. The van der Waals surface area contributed by atoms with Crippen LogP contribution < -0.4 is 19.7 Å². The summed E-state index contributed by atoms with van der Waals surface area (Å²) in [5.41, 5.74) is 2.46. The van der Waals surface area contributed by atoms with Crippen LogP contribution in [0.1, 0.15) is 21.5 Å². The number of nitrogens with one attached hydrogen (secondary N) is 2. The molecule has 150 valence electrons. The molecule has 0 radical (unpaired) electrons. The van der Waals surface area contributed by atoms with E-state index in [2.05, 4.69) is 10.1 Å². The van der Waals surface area contributed by atoms with Gasteiger partial charge in [-0.25, -0.2) is 4.79 Å². The number of methoxy groups -OCH3 is 3. The predicted molar refractivity (Wildman–Crippen MR) is 105 cm³/mol. The lowest BCUT2D eigenvalue weighted by Gasteiger charge is -2.15. The highest BCUT2D eigenvalue weighted by atomic mass is 16.5. The maximum atomic E-state index is 12.2. The molecule has 0 bridgehead atoms. The Morgan fingerprint density at radius 1 is 0.929 bits per heavy atom. The van der Waals surface area contributed by atoms with E-state index in [1.54, 1.807) is 38.5 Å². The summed E-state index contributed by atoms with van der Waals surface area (Å²) in [6, 6.07) is 12.7. The van der Waals surface area contributed by atoms with Crippen molar-refractivity contribution in [2.75, 3.05) is 34.9 Å². The Morgan fingerprint density at radius 3 is 2.18 bits per heavy atom. The number of rotatable bonds is 9. The minimum atomic E-state index is -0.379. The molecule has 2 rings (SSSR count). The van der Waals surface area contributed by atoms with Crippen LogP contribution in [0.15, 0.2) is 42.5 Å². The molecule has 0 fully saturated rings. The first-order valence-corrected chi connectivity index (χ1v) is 8.93. The molecule has 7 heteroatoms. The summed E-state index contributed by atoms with van der Waals surface area (Å²) in [5, 5.41) is 2.90. The monoisotopic (exact) mass is 387 g/mol. The fourth-order valence-corrected chi connectivity index (χ4v) is 2.82. The smallest absolute Gasteiger partial charge is 0.337 e. The molecule has 7 nitrogen and oxygen atoms in total. The van der Waals surface area contributed by atoms with Crippen molar-refractivity contribution in [3.63, 3.8) is 0 Å². The van der Waals surface area contributed by atoms with Gasteiger partial charge in [0.15, 0.2) is 18.0 Å². The van der Waals surface area contributed by atoms with E-state index in [0.717, 1.165) is 16.0 Å². The summed E-state index contributed by atoms with van der Waals surface area (Å²) in [7, 11) is 6.50. The molecule has 0 heterocycles. The third-order valence-electron chi connectivity index (χ3n) is 4.28. The molecule has 0 aliphatic rings. The first-order valence-electron chi connectivity index (χ1n) is 8.93. The summed E-state index contributed by atoms with van der Waals surface area (Å²) in [6.07, 6.45) is 0. The maximum absolute atomic E-state index is 12.2. The molecule has 0 aliphatic carbocycles. The van der Waals surface area contributed by atoms with Crippen molar-refractivity contribution in [3.05, 3.63) is 59.2 Å². The average molecular weight is 387 g/mol. The Kier molecular flexibility index (Phi) is 7.83. The van der Waals surface area contributed by atoms with Crippen LogP contribution in [0.2, 0.25) is 0 Å². The highest BCUT2D eigenvalue weighted by molar-refractivity contribution is 5.89. The Morgan fingerprint density at radius 2 is 1.57 bits per heavy atom. The summed E-state index contributed by atoms with van der Waals surface area (Å²) in [6.45, 7) is 1.43. The minimum absolute atomic E-state index is 0.0463. The molecule has 0 aliphatic heterocycles. The number of carbonyl (C=O) groups excluding carboxylic acids is 2. The van der Waals surface area contributed by atoms with E-state index in [1.807, 2.05) is 25.2 Å². The molecular formula is C21H27N2O5+. The average Bonchev–Trinajstić information content (AvgIpc) is 2.71. The third-order valence-corrected chi connectivity index (χ3v) is 4.28. The highest BCUT2D eigenvalue weighted by Crippen LogP contribution is 2.27. The lowest BCUT2D eigenvalue weighted by atomic mass is 10.1. The van der Waals surface area contributed by atoms with E-state index in [1.165, 1.54) is 7.11 Å². The van der Waals surface area contributed by atoms with E-state index in [4.69, 9.17) is 9.47 Å². The molecule has 1 amide bonds. The predicted octanol–water partition coefficient (Wildman–Crippen LogP) is 0.822. The number of benzene rings is 2. The minimum Gasteiger partial charge on any atom is -0.493 e. The number of esters is 1. The number of hydrogen-bond acceptors (Lipinski definition) is 5. The van der Waals surface area contributed by atoms with Gasteiger partial charge in [0, 0.05) is 12.1 Å². The first kappa shape index (κ1) is 21.2. The summed E-state index contributed by atoms with van der Waals surface area (Å²) < 4.78 is 15.2. The van der Waals surface area contributed by atoms with Crippen LogP contribution in [-0.4, -0.2) is 46.8 Å². The van der Waals surface area contributed by atoms with Gasteiger partial charge in [-0.1, -0.05) is 12.1 Å². The van der Waals surface area contributed by atoms with Crippen molar-refractivity contribution in [2.45, 2.75) is 13.1 Å². The number of carbonyl (C=O) groups is 2. The van der Waals surface area contributed by atoms with Gasteiger partial charge in [0.25, 0.3) is 5.91 Å². The van der Waals surface area contributed by atoms with E-state index in [-0.39, 0.29) is 11.9 Å². The maximum Gasteiger partial charge on any atom is 0.337 e. The molecule has 2 N–H and O–H groups in total. The fourth-order valence-electron chi connectivity index (χ4n) is 2.82. The van der Waals surface area contributed by atoms with E-state index in [0.29, 0.717) is 36.7 Å². The van der Waals surface area contributed by atoms with Crippen molar-refractivity contribution in [1.82, 2.24) is 5.32 Å². The van der Waals surface area contributed by atoms with E-state index >= 15 is 0 Å². The Labute approximate surface area is 165 Å². The van der Waals surface area contributed by atoms with Crippen LogP contribution in [0.25, 0.3) is 0 Å². The normalized spacial score (nSPS) is 11.4. The van der Waals surface area contributed by atoms with E-state index in [9.17, 15) is 9.59 Å². The highest BCUT2D eigenvalue weighted by Gasteiger charge is 2.13. The molecule has 0 saturated heterocycles. The lowest BCUT2D eigenvalue weighted by Crippen LogP contribution is -3.08. The Hall–Kier alpha value is -3.06. The van der Waals surface area contributed by atoms with Crippen molar-refractivity contribution in [2.24, 2.45) is 0 Å². The number of likely N-dealkylation sites (N-methyl/N-ethyl adjacent to an activating group) is 1. The van der Waals surface area contributed by atoms with Crippen LogP contribution in [0, 0.1) is 0 Å². The van der Waals surface area contributed by atoms with Gasteiger partial charge in [0.1, 0.15) is 6.54 Å². The zero-order valence-electron chi connectivity index (χ0n) is 16.7. The van der Waals surface area contributed by atoms with Gasteiger partial charge in [-0.3, -0.25) is 4.79 Å². The van der Waals surface area contributed by atoms with Gasteiger partial charge in [0.2, 0.25) is 0 Å². The third kappa shape index (κ3) is 5.99. The van der Waals surface area contributed by atoms with Crippen LogP contribution in [0.4, 0.5) is 0 Å². The topological polar surface area (TPSA) is 78.3 Å². The Bertz CT molecular complexity index is 805. The number of hydrogen-bond donors (Lipinski definition) is 2. The quantitative estimate of drug-likeness (QED) is 0.623. The summed E-state index contributed by atoms with van der Waals surface area (Å²) in [5.74, 6) is 0.929. The Balaban J connectivity index is 1.83. The second-order valence-electron chi connectivity index (χ2n) is 6.47. The van der Waals surface area contributed by atoms with Crippen LogP contribution in [-0.2, 0) is 22.6 Å². The molecule has 0 aromatic heterocycles. The SMILES string of the molecule is COC(=O)c1ccc(CNC(=O)C[NH+](C)Cc2ccc(OC)c(OC)c2)cc1. The zero-order valence-corrected chi connectivity index (χ0v) is 16.7. The van der Waals surface area contributed by atoms with E-state index < -0.39 is 0 Å². The molecule has 2 aromatic carbocycles. The largest absolute Gasteiger partial charge is 0.493 e. The standard InChI is InChI=1S/C21H26N2O5/c1-23(13-16-7-10-18(26-2)19(11-16)27-3)14-20(24)22-12-15-5-8-17(9-6-15)21(25)28-4/h5-11H,12-14H2,1-4H3,(H,22,24)/p+1. The number of amides is 1. The zero-order chi connectivity index (χ0) is 20.5. The van der Waals surface area contributed by atoms with Crippen LogP contribution in [0.5, 0.6) is 11.5 Å². The number of ether oxygens (including phenoxy) is 3. The van der Waals surface area contributed by atoms with Crippen molar-refractivity contribution < 1.29 is 28.7 Å². The molecule has 1 unspecified atom stereocenters. The second-order valence-corrected chi connectivity index (χ2v) is 6.47. The second kappa shape index (κ2) is 10.3. The van der Waals surface area contributed by atoms with Crippen molar-refractivity contribution in [1.29, 1.82) is 0 Å². The van der Waals surface area contributed by atoms with Gasteiger partial charge in [0.05, 0.1) is 33.9 Å². The van der Waals surface area contributed by atoms with Crippen LogP contribution in [0.3, 0.4) is 0 Å². The van der Waals surface area contributed by atoms with Gasteiger partial charge >= 0.3 is 5.97 Å².